The lowest BCUT2D eigenvalue weighted by Crippen LogP contribution is -2.34. The van der Waals surface area contributed by atoms with Crippen LogP contribution in [0.15, 0.2) is 12.2 Å². The minimum absolute atomic E-state index is 0.184. The van der Waals surface area contributed by atoms with E-state index in [-0.39, 0.29) is 12.3 Å². The fourth-order valence-electron chi connectivity index (χ4n) is 4.54. The summed E-state index contributed by atoms with van der Waals surface area (Å²) in [6.07, 6.45) is 14.5. The van der Waals surface area contributed by atoms with Crippen molar-refractivity contribution in [3.63, 3.8) is 0 Å². The predicted octanol–water partition coefficient (Wildman–Crippen LogP) is 4.94. The van der Waals surface area contributed by atoms with Gasteiger partial charge in [0.2, 0.25) is 0 Å². The third-order valence-corrected chi connectivity index (χ3v) is 9.21. The summed E-state index contributed by atoms with van der Waals surface area (Å²) in [5.74, 6) is 1.44. The van der Waals surface area contributed by atoms with Gasteiger partial charge < -0.3 is 5.11 Å². The number of hydrogen-bond acceptors (Lipinski definition) is 4. The highest BCUT2D eigenvalue weighted by molar-refractivity contribution is 8.01. The van der Waals surface area contributed by atoms with Crippen LogP contribution < -0.4 is 0 Å². The zero-order chi connectivity index (χ0) is 17.6. The van der Waals surface area contributed by atoms with E-state index in [0.717, 1.165) is 11.0 Å². The summed E-state index contributed by atoms with van der Waals surface area (Å²) in [4.78, 5) is 23.3. The van der Waals surface area contributed by atoms with Gasteiger partial charge >= 0.3 is 5.97 Å². The second-order valence-electron chi connectivity index (χ2n) is 7.66. The summed E-state index contributed by atoms with van der Waals surface area (Å²) in [7, 11) is 0. The molecule has 1 N–H and O–H groups in total. The molecule has 3 fully saturated rings. The zero-order valence-electron chi connectivity index (χ0n) is 14.9. The quantitative estimate of drug-likeness (QED) is 0.452. The Labute approximate surface area is 159 Å². The largest absolute Gasteiger partial charge is 0.481 e. The zero-order valence-corrected chi connectivity index (χ0v) is 16.5. The minimum atomic E-state index is -0.760. The normalized spacial score (nSPS) is 32.5. The smallest absolute Gasteiger partial charge is 0.303 e. The van der Waals surface area contributed by atoms with Gasteiger partial charge in [0, 0.05) is 28.1 Å². The van der Waals surface area contributed by atoms with E-state index in [4.69, 9.17) is 5.11 Å². The van der Waals surface area contributed by atoms with Gasteiger partial charge in [-0.1, -0.05) is 25.3 Å². The molecular formula is C20H30O3S2. The van der Waals surface area contributed by atoms with Gasteiger partial charge in [-0.15, -0.1) is 0 Å². The summed E-state index contributed by atoms with van der Waals surface area (Å²) in [6, 6.07) is 0. The van der Waals surface area contributed by atoms with E-state index in [1.165, 1.54) is 44.9 Å². The van der Waals surface area contributed by atoms with Crippen molar-refractivity contribution in [1.29, 1.82) is 0 Å². The Morgan fingerprint density at radius 3 is 2.60 bits per heavy atom. The highest BCUT2D eigenvalue weighted by atomic mass is 32.2. The van der Waals surface area contributed by atoms with Gasteiger partial charge in [-0.25, -0.2) is 0 Å². The molecule has 2 saturated heterocycles. The van der Waals surface area contributed by atoms with E-state index in [0.29, 0.717) is 35.0 Å². The molecule has 140 valence electrons. The molecule has 2 bridgehead atoms. The molecule has 0 unspecified atom stereocenters. The summed E-state index contributed by atoms with van der Waals surface area (Å²) >= 11 is 4.20. The van der Waals surface area contributed by atoms with E-state index >= 15 is 0 Å². The number of carboxylic acid groups (broad SMARTS) is 1. The van der Waals surface area contributed by atoms with Crippen molar-refractivity contribution in [2.45, 2.75) is 80.0 Å². The van der Waals surface area contributed by atoms with Crippen molar-refractivity contribution >= 4 is 35.3 Å². The number of fused-ring (bicyclic) bond motifs is 2. The highest BCUT2D eigenvalue weighted by Gasteiger charge is 2.50. The first-order chi connectivity index (χ1) is 12.1. The van der Waals surface area contributed by atoms with E-state index in [9.17, 15) is 9.59 Å². The molecule has 1 aliphatic carbocycles. The van der Waals surface area contributed by atoms with Crippen molar-refractivity contribution in [2.24, 2.45) is 11.8 Å². The molecule has 0 spiro atoms. The number of unbranched alkanes of at least 4 members (excludes halogenated alkanes) is 1. The van der Waals surface area contributed by atoms with Crippen LogP contribution in [0.4, 0.5) is 0 Å². The predicted molar refractivity (Wildman–Crippen MR) is 106 cm³/mol. The molecular weight excluding hydrogens is 352 g/mol. The summed E-state index contributed by atoms with van der Waals surface area (Å²) in [6.45, 7) is 0. The maximum atomic E-state index is 12.8. The number of carbonyl (C=O) groups excluding carboxylic acids is 1. The van der Waals surface area contributed by atoms with Gasteiger partial charge in [0.15, 0.2) is 5.78 Å². The number of ketones is 1. The van der Waals surface area contributed by atoms with Crippen LogP contribution in [0.1, 0.15) is 64.2 Å². The number of rotatable bonds is 9. The van der Waals surface area contributed by atoms with Crippen LogP contribution in [0.2, 0.25) is 0 Å². The van der Waals surface area contributed by atoms with E-state index in [2.05, 4.69) is 23.5 Å². The first kappa shape index (κ1) is 19.3. The van der Waals surface area contributed by atoms with Crippen LogP contribution in [0, 0.1) is 11.8 Å². The molecule has 0 aromatic rings. The Kier molecular flexibility index (Phi) is 7.35. The first-order valence-corrected chi connectivity index (χ1v) is 11.8. The van der Waals surface area contributed by atoms with Gasteiger partial charge in [-0.05, 0) is 56.3 Å². The highest BCUT2D eigenvalue weighted by Crippen LogP contribution is 2.54. The third kappa shape index (κ3) is 5.29. The Morgan fingerprint density at radius 2 is 1.84 bits per heavy atom. The topological polar surface area (TPSA) is 54.4 Å². The summed E-state index contributed by atoms with van der Waals surface area (Å²) in [5, 5.41) is 10.7. The molecule has 5 heteroatoms. The second-order valence-corrected chi connectivity index (χ2v) is 10.5. The van der Waals surface area contributed by atoms with Crippen LogP contribution in [0.25, 0.3) is 0 Å². The van der Waals surface area contributed by atoms with Crippen LogP contribution in [-0.2, 0) is 9.59 Å². The first-order valence-electron chi connectivity index (χ1n) is 9.84. The fraction of sp³-hybridized carbons (Fsp3) is 0.800. The molecule has 0 aromatic heterocycles. The van der Waals surface area contributed by atoms with Crippen LogP contribution in [-0.4, -0.2) is 38.4 Å². The Balaban J connectivity index is 1.50. The molecule has 2 heterocycles. The average Bonchev–Trinajstić information content (AvgIpc) is 3.21. The number of carboxylic acids is 1. The minimum Gasteiger partial charge on any atom is -0.481 e. The van der Waals surface area contributed by atoms with E-state index < -0.39 is 5.97 Å². The molecule has 3 rings (SSSR count). The Morgan fingerprint density at radius 1 is 1.08 bits per heavy atom. The number of allylic oxidation sites excluding steroid dienone is 2. The van der Waals surface area contributed by atoms with Crippen molar-refractivity contribution in [3.05, 3.63) is 12.2 Å². The van der Waals surface area contributed by atoms with Gasteiger partial charge in [0.1, 0.15) is 0 Å². The van der Waals surface area contributed by atoms with Crippen LogP contribution >= 0.6 is 23.5 Å². The molecule has 1 saturated carbocycles. The molecule has 0 amide bonds. The van der Waals surface area contributed by atoms with Crippen molar-refractivity contribution in [3.8, 4) is 0 Å². The van der Waals surface area contributed by atoms with Crippen molar-refractivity contribution < 1.29 is 14.7 Å². The lowest BCUT2D eigenvalue weighted by atomic mass is 9.78. The van der Waals surface area contributed by atoms with Gasteiger partial charge in [-0.3, -0.25) is 9.59 Å². The van der Waals surface area contributed by atoms with Crippen LogP contribution in [0.5, 0.6) is 0 Å². The molecule has 3 nitrogen and oxygen atoms in total. The number of aliphatic carboxylic acids is 1. The summed E-state index contributed by atoms with van der Waals surface area (Å²) < 4.78 is 0. The monoisotopic (exact) mass is 382 g/mol. The van der Waals surface area contributed by atoms with E-state index in [1.807, 2.05) is 6.08 Å². The molecule has 4 atom stereocenters. The molecule has 0 radical (unpaired) electrons. The molecule has 25 heavy (non-hydrogen) atoms. The van der Waals surface area contributed by atoms with Crippen molar-refractivity contribution in [2.75, 3.05) is 5.75 Å². The number of carbonyl (C=O) groups is 2. The second kappa shape index (κ2) is 9.50. The standard InChI is InChI=1S/C20H30O3S2/c21-16(9-5-2-6-10-19(22)23)20-15(17-11-12-18(20)25-17)13-24-14-7-3-1-4-8-14/h5,9,14-15,17-18,20H,1-4,6-8,10-13H2,(H,22,23)/t15-,17+,18-,20+/m1/s1. The maximum Gasteiger partial charge on any atom is 0.303 e. The maximum absolute atomic E-state index is 12.8. The average molecular weight is 383 g/mol. The SMILES string of the molecule is O=C(O)CCCC=CC(=O)[C@@H]1[C@H](CSC2CCCCC2)[C@@H]2CC[C@H]1S2. The van der Waals surface area contributed by atoms with Gasteiger partial charge in [-0.2, -0.15) is 23.5 Å². The number of thioether (sulfide) groups is 2. The van der Waals surface area contributed by atoms with Crippen LogP contribution in [0.3, 0.4) is 0 Å². The van der Waals surface area contributed by atoms with E-state index in [1.54, 1.807) is 6.08 Å². The van der Waals surface area contributed by atoms with Crippen molar-refractivity contribution in [1.82, 2.24) is 0 Å². The third-order valence-electron chi connectivity index (χ3n) is 5.87. The molecule has 3 aliphatic rings. The molecule has 0 aromatic carbocycles. The van der Waals surface area contributed by atoms with Gasteiger partial charge in [0.25, 0.3) is 0 Å². The summed E-state index contributed by atoms with van der Waals surface area (Å²) in [5.41, 5.74) is 0. The molecule has 2 aliphatic heterocycles. The Bertz CT molecular complexity index is 499. The van der Waals surface area contributed by atoms with Gasteiger partial charge in [0.05, 0.1) is 0 Å². The fourth-order valence-corrected chi connectivity index (χ4v) is 8.23. The lowest BCUT2D eigenvalue weighted by Gasteiger charge is -2.30. The Hall–Kier alpha value is -0.420. The lowest BCUT2D eigenvalue weighted by molar-refractivity contribution is -0.137. The number of hydrogen-bond donors (Lipinski definition) is 1.